The van der Waals surface area contributed by atoms with Crippen LogP contribution in [0.25, 0.3) is 0 Å². The van der Waals surface area contributed by atoms with E-state index in [9.17, 15) is 0 Å². The molecule has 0 aliphatic carbocycles. The third-order valence-corrected chi connectivity index (χ3v) is 1.62. The first-order chi connectivity index (χ1) is 5.15. The van der Waals surface area contributed by atoms with Crippen LogP contribution < -0.4 is 10.5 Å². The van der Waals surface area contributed by atoms with Crippen molar-refractivity contribution in [3.63, 3.8) is 0 Å². The number of halogens is 1. The van der Waals surface area contributed by atoms with Gasteiger partial charge in [0.05, 0.1) is 7.11 Å². The number of aromatic nitrogens is 2. The number of hydrogen-bond donors (Lipinski definition) is 1. The van der Waals surface area contributed by atoms with E-state index in [4.69, 9.17) is 22.1 Å². The maximum Gasteiger partial charge on any atom is 0.224 e. The summed E-state index contributed by atoms with van der Waals surface area (Å²) in [4.78, 5) is 7.55. The normalized spacial score (nSPS) is 9.73. The van der Waals surface area contributed by atoms with E-state index in [1.807, 2.05) is 0 Å². The second-order valence-electron chi connectivity index (χ2n) is 2.01. The Kier molecular flexibility index (Phi) is 2.14. The van der Waals surface area contributed by atoms with Crippen LogP contribution in [-0.2, 0) is 0 Å². The average molecular weight is 174 g/mol. The topological polar surface area (TPSA) is 61.0 Å². The fourth-order valence-corrected chi connectivity index (χ4v) is 0.852. The lowest BCUT2D eigenvalue weighted by Crippen LogP contribution is -2.00. The Morgan fingerprint density at radius 1 is 1.45 bits per heavy atom. The molecule has 4 nitrogen and oxygen atoms in total. The third kappa shape index (κ3) is 1.51. The number of nitrogen functional groups attached to an aromatic ring is 1. The summed E-state index contributed by atoms with van der Waals surface area (Å²) < 4.78 is 4.89. The zero-order valence-corrected chi connectivity index (χ0v) is 7.01. The Balaban J connectivity index is 3.24. The number of rotatable bonds is 1. The molecule has 0 unspecified atom stereocenters. The molecule has 11 heavy (non-hydrogen) atoms. The van der Waals surface area contributed by atoms with Crippen LogP contribution in [0.3, 0.4) is 0 Å². The molecule has 1 heterocycles. The number of methoxy groups -OCH3 is 1. The quantitative estimate of drug-likeness (QED) is 0.645. The van der Waals surface area contributed by atoms with Crippen molar-refractivity contribution in [2.45, 2.75) is 6.92 Å². The lowest BCUT2D eigenvalue weighted by atomic mass is 10.4. The maximum absolute atomic E-state index is 5.69. The molecule has 0 aromatic carbocycles. The molecule has 60 valence electrons. The highest BCUT2D eigenvalue weighted by Gasteiger charge is 2.06. The van der Waals surface area contributed by atoms with Crippen molar-refractivity contribution >= 4 is 17.5 Å². The number of hydrogen-bond acceptors (Lipinski definition) is 4. The minimum Gasteiger partial charge on any atom is -0.481 e. The van der Waals surface area contributed by atoms with E-state index < -0.39 is 0 Å². The monoisotopic (exact) mass is 173 g/mol. The van der Waals surface area contributed by atoms with Crippen LogP contribution in [0, 0.1) is 6.92 Å². The fourth-order valence-electron chi connectivity index (χ4n) is 0.684. The molecule has 1 aromatic heterocycles. The molecule has 0 spiro atoms. The SMILES string of the molecule is COc1nc(N)nc(Cl)c1C. The van der Waals surface area contributed by atoms with Gasteiger partial charge in [-0.1, -0.05) is 11.6 Å². The largest absolute Gasteiger partial charge is 0.481 e. The Hall–Kier alpha value is -1.03. The fraction of sp³-hybridized carbons (Fsp3) is 0.333. The Bertz CT molecular complexity index is 277. The van der Waals surface area contributed by atoms with Gasteiger partial charge < -0.3 is 10.5 Å². The summed E-state index contributed by atoms with van der Waals surface area (Å²) in [5.74, 6) is 0.542. The van der Waals surface area contributed by atoms with E-state index in [2.05, 4.69) is 9.97 Å². The van der Waals surface area contributed by atoms with E-state index in [-0.39, 0.29) is 5.95 Å². The van der Waals surface area contributed by atoms with Gasteiger partial charge in [0.1, 0.15) is 5.15 Å². The van der Waals surface area contributed by atoms with Crippen molar-refractivity contribution in [1.82, 2.24) is 9.97 Å². The van der Waals surface area contributed by atoms with Gasteiger partial charge in [-0.15, -0.1) is 0 Å². The molecule has 0 aliphatic rings. The van der Waals surface area contributed by atoms with E-state index in [0.29, 0.717) is 16.6 Å². The molecule has 0 saturated heterocycles. The third-order valence-electron chi connectivity index (χ3n) is 1.25. The first-order valence-electron chi connectivity index (χ1n) is 2.98. The first kappa shape index (κ1) is 8.07. The first-order valence-corrected chi connectivity index (χ1v) is 3.36. The molecule has 0 aliphatic heterocycles. The summed E-state index contributed by atoms with van der Waals surface area (Å²) in [5.41, 5.74) is 6.01. The van der Waals surface area contributed by atoms with Crippen LogP contribution in [0.1, 0.15) is 5.56 Å². The summed E-state index contributed by atoms with van der Waals surface area (Å²) >= 11 is 5.69. The summed E-state index contributed by atoms with van der Waals surface area (Å²) in [6.07, 6.45) is 0. The molecule has 0 radical (unpaired) electrons. The van der Waals surface area contributed by atoms with Gasteiger partial charge in [0.2, 0.25) is 11.8 Å². The summed E-state index contributed by atoms with van der Waals surface area (Å²) in [6, 6.07) is 0. The lowest BCUT2D eigenvalue weighted by Gasteiger charge is -2.03. The molecule has 0 fully saturated rings. The summed E-state index contributed by atoms with van der Waals surface area (Å²) in [6.45, 7) is 1.76. The highest BCUT2D eigenvalue weighted by Crippen LogP contribution is 2.21. The molecule has 0 saturated carbocycles. The predicted molar refractivity (Wildman–Crippen MR) is 42.7 cm³/mol. The van der Waals surface area contributed by atoms with E-state index in [1.165, 1.54) is 7.11 Å². The molecular weight excluding hydrogens is 166 g/mol. The summed E-state index contributed by atoms with van der Waals surface area (Å²) in [7, 11) is 1.51. The van der Waals surface area contributed by atoms with E-state index in [0.717, 1.165) is 0 Å². The molecule has 1 aromatic rings. The van der Waals surface area contributed by atoms with Crippen LogP contribution in [0.4, 0.5) is 5.95 Å². The zero-order valence-electron chi connectivity index (χ0n) is 6.26. The van der Waals surface area contributed by atoms with Gasteiger partial charge in [-0.25, -0.2) is 4.98 Å². The van der Waals surface area contributed by atoms with E-state index >= 15 is 0 Å². The standard InChI is InChI=1S/C6H8ClN3O/c1-3-4(7)9-6(8)10-5(3)11-2/h1-2H3,(H2,8,9,10). The van der Waals surface area contributed by atoms with Gasteiger partial charge in [-0.2, -0.15) is 4.98 Å². The van der Waals surface area contributed by atoms with Gasteiger partial charge in [0.25, 0.3) is 0 Å². The van der Waals surface area contributed by atoms with Gasteiger partial charge in [0.15, 0.2) is 0 Å². The lowest BCUT2D eigenvalue weighted by molar-refractivity contribution is 0.394. The second-order valence-corrected chi connectivity index (χ2v) is 2.36. The number of nitrogens with two attached hydrogens (primary N) is 1. The van der Waals surface area contributed by atoms with Crippen molar-refractivity contribution in [2.24, 2.45) is 0 Å². The molecular formula is C6H8ClN3O. The second kappa shape index (κ2) is 2.92. The average Bonchev–Trinajstić information content (AvgIpc) is 1.96. The van der Waals surface area contributed by atoms with Crippen molar-refractivity contribution in [3.05, 3.63) is 10.7 Å². The summed E-state index contributed by atoms with van der Waals surface area (Å²) in [5, 5.41) is 0.328. The van der Waals surface area contributed by atoms with E-state index in [1.54, 1.807) is 6.92 Å². The number of anilines is 1. The molecule has 2 N–H and O–H groups in total. The van der Waals surface area contributed by atoms with Crippen LogP contribution in [0.15, 0.2) is 0 Å². The Morgan fingerprint density at radius 3 is 2.64 bits per heavy atom. The van der Waals surface area contributed by atoms with Crippen molar-refractivity contribution < 1.29 is 4.74 Å². The predicted octanol–water partition coefficient (Wildman–Crippen LogP) is 1.03. The van der Waals surface area contributed by atoms with Gasteiger partial charge in [-0.3, -0.25) is 0 Å². The van der Waals surface area contributed by atoms with Gasteiger partial charge in [-0.05, 0) is 6.92 Å². The Morgan fingerprint density at radius 2 is 2.09 bits per heavy atom. The van der Waals surface area contributed by atoms with Gasteiger partial charge >= 0.3 is 0 Å². The van der Waals surface area contributed by atoms with Crippen LogP contribution in [0.5, 0.6) is 5.88 Å². The highest BCUT2D eigenvalue weighted by atomic mass is 35.5. The van der Waals surface area contributed by atoms with Crippen molar-refractivity contribution in [1.29, 1.82) is 0 Å². The molecule has 0 amide bonds. The number of ether oxygens (including phenoxy) is 1. The molecule has 0 atom stereocenters. The number of nitrogens with zero attached hydrogens (tertiary/aromatic N) is 2. The van der Waals surface area contributed by atoms with Crippen LogP contribution in [-0.4, -0.2) is 17.1 Å². The highest BCUT2D eigenvalue weighted by molar-refractivity contribution is 6.30. The minimum atomic E-state index is 0.123. The maximum atomic E-state index is 5.69. The molecule has 1 rings (SSSR count). The zero-order chi connectivity index (χ0) is 8.43. The Labute approximate surface area is 69.4 Å². The van der Waals surface area contributed by atoms with Crippen LogP contribution in [0.2, 0.25) is 5.15 Å². The smallest absolute Gasteiger partial charge is 0.224 e. The van der Waals surface area contributed by atoms with Gasteiger partial charge in [0, 0.05) is 5.56 Å². The molecule has 0 bridgehead atoms. The van der Waals surface area contributed by atoms with Crippen LogP contribution >= 0.6 is 11.6 Å². The van der Waals surface area contributed by atoms with Crippen molar-refractivity contribution in [2.75, 3.05) is 12.8 Å². The van der Waals surface area contributed by atoms with Crippen molar-refractivity contribution in [3.8, 4) is 5.88 Å². The minimum absolute atomic E-state index is 0.123. The molecule has 5 heteroatoms.